The molecule has 0 heterocycles. The lowest BCUT2D eigenvalue weighted by molar-refractivity contribution is -0.130. The van der Waals surface area contributed by atoms with Gasteiger partial charge < -0.3 is 10.1 Å². The van der Waals surface area contributed by atoms with Gasteiger partial charge in [0.2, 0.25) is 0 Å². The van der Waals surface area contributed by atoms with Crippen LogP contribution < -0.4 is 15.5 Å². The van der Waals surface area contributed by atoms with Crippen LogP contribution in [0.15, 0.2) is 18.2 Å². The largest absolute Gasteiger partial charge is 0.496 e. The molecule has 0 unspecified atom stereocenters. The quantitative estimate of drug-likeness (QED) is 0.351. The van der Waals surface area contributed by atoms with Gasteiger partial charge >= 0.3 is 0 Å². The molecule has 0 aliphatic heterocycles. The Morgan fingerprint density at radius 2 is 2.33 bits per heavy atom. The van der Waals surface area contributed by atoms with Crippen LogP contribution in [0.2, 0.25) is 0 Å². The fourth-order valence-corrected chi connectivity index (χ4v) is 1.74. The minimum atomic E-state index is -0.720. The molecule has 0 bridgehead atoms. The van der Waals surface area contributed by atoms with E-state index in [9.17, 15) is 9.18 Å². The van der Waals surface area contributed by atoms with Crippen molar-refractivity contribution in [1.82, 2.24) is 10.8 Å². The number of rotatable bonds is 6. The summed E-state index contributed by atoms with van der Waals surface area (Å²) in [5, 5.41) is 11.3. The molecule has 5 nitrogen and oxygen atoms in total. The van der Waals surface area contributed by atoms with Crippen molar-refractivity contribution >= 4 is 18.5 Å². The van der Waals surface area contributed by atoms with E-state index in [1.165, 1.54) is 24.7 Å². The van der Waals surface area contributed by atoms with Crippen LogP contribution in [0.4, 0.5) is 4.39 Å². The molecule has 1 amide bonds. The van der Waals surface area contributed by atoms with E-state index >= 15 is 0 Å². The van der Waals surface area contributed by atoms with Crippen molar-refractivity contribution in [1.29, 1.82) is 0 Å². The van der Waals surface area contributed by atoms with Gasteiger partial charge in [-0.15, -0.1) is 0 Å². The summed E-state index contributed by atoms with van der Waals surface area (Å²) >= 11 is 3.97. The van der Waals surface area contributed by atoms with Crippen molar-refractivity contribution in [2.45, 2.75) is 12.6 Å². The highest BCUT2D eigenvalue weighted by Crippen LogP contribution is 2.20. The fourth-order valence-electron chi connectivity index (χ4n) is 1.45. The summed E-state index contributed by atoms with van der Waals surface area (Å²) in [6, 6.07) is 3.75. The lowest BCUT2D eigenvalue weighted by Crippen LogP contribution is -2.44. The Morgan fingerprint density at radius 1 is 1.61 bits per heavy atom. The van der Waals surface area contributed by atoms with Crippen LogP contribution >= 0.6 is 12.6 Å². The number of halogens is 1. The van der Waals surface area contributed by atoms with E-state index in [4.69, 9.17) is 9.94 Å². The minimum absolute atomic E-state index is 0.0918. The molecule has 0 aromatic heterocycles. The zero-order valence-electron chi connectivity index (χ0n) is 9.81. The predicted molar refractivity (Wildman–Crippen MR) is 67.4 cm³/mol. The van der Waals surface area contributed by atoms with Crippen LogP contribution in [-0.2, 0) is 11.3 Å². The molecule has 1 aromatic rings. The maximum absolute atomic E-state index is 13.6. The van der Waals surface area contributed by atoms with Crippen LogP contribution in [0.25, 0.3) is 0 Å². The Kier molecular flexibility index (Phi) is 5.90. The van der Waals surface area contributed by atoms with Crippen LogP contribution in [-0.4, -0.2) is 30.0 Å². The van der Waals surface area contributed by atoms with Crippen molar-refractivity contribution in [3.8, 4) is 5.75 Å². The normalized spacial score (nSPS) is 12.0. The molecule has 100 valence electrons. The fraction of sp³-hybridized carbons (Fsp3) is 0.364. The zero-order chi connectivity index (χ0) is 13.5. The molecule has 0 spiro atoms. The summed E-state index contributed by atoms with van der Waals surface area (Å²) in [7, 11) is 1.44. The maximum atomic E-state index is 13.6. The number of hydroxylamine groups is 1. The second-order valence-electron chi connectivity index (χ2n) is 3.51. The van der Waals surface area contributed by atoms with Gasteiger partial charge in [-0.2, -0.15) is 12.6 Å². The summed E-state index contributed by atoms with van der Waals surface area (Å²) < 4.78 is 18.6. The third-order valence-electron chi connectivity index (χ3n) is 2.43. The molecule has 0 aliphatic carbocycles. The molecule has 18 heavy (non-hydrogen) atoms. The van der Waals surface area contributed by atoms with Crippen molar-refractivity contribution in [2.75, 3.05) is 12.9 Å². The van der Waals surface area contributed by atoms with E-state index < -0.39 is 17.8 Å². The zero-order valence-corrected chi connectivity index (χ0v) is 10.7. The number of carbonyl (C=O) groups is 1. The highest BCUT2D eigenvalue weighted by atomic mass is 32.1. The lowest BCUT2D eigenvalue weighted by atomic mass is 10.1. The Balaban J connectivity index is 2.76. The Labute approximate surface area is 110 Å². The molecule has 0 radical (unpaired) electrons. The van der Waals surface area contributed by atoms with E-state index in [2.05, 4.69) is 17.9 Å². The van der Waals surface area contributed by atoms with Gasteiger partial charge in [0.15, 0.2) is 0 Å². The van der Waals surface area contributed by atoms with Gasteiger partial charge in [0.25, 0.3) is 5.91 Å². The highest BCUT2D eigenvalue weighted by molar-refractivity contribution is 7.80. The predicted octanol–water partition coefficient (Wildman–Crippen LogP) is 0.728. The first kappa shape index (κ1) is 14.7. The first-order chi connectivity index (χ1) is 8.63. The Bertz CT molecular complexity index is 417. The van der Waals surface area contributed by atoms with E-state index in [0.717, 1.165) is 0 Å². The number of thiol groups is 1. The molecule has 1 aromatic carbocycles. The van der Waals surface area contributed by atoms with Gasteiger partial charge in [0.05, 0.1) is 13.2 Å². The first-order valence-electron chi connectivity index (χ1n) is 5.23. The summed E-state index contributed by atoms with van der Waals surface area (Å²) in [5.41, 5.74) is 1.84. The molecule has 0 saturated heterocycles. The van der Waals surface area contributed by atoms with E-state index in [0.29, 0.717) is 11.3 Å². The van der Waals surface area contributed by atoms with Gasteiger partial charge in [-0.05, 0) is 12.1 Å². The van der Waals surface area contributed by atoms with Crippen LogP contribution in [0.3, 0.4) is 0 Å². The number of hydrogen-bond donors (Lipinski definition) is 4. The number of hydrogen-bond acceptors (Lipinski definition) is 5. The minimum Gasteiger partial charge on any atom is -0.496 e. The van der Waals surface area contributed by atoms with Gasteiger partial charge in [0, 0.05) is 17.9 Å². The topological polar surface area (TPSA) is 70.6 Å². The average molecular weight is 274 g/mol. The Morgan fingerprint density at radius 3 is 2.89 bits per heavy atom. The highest BCUT2D eigenvalue weighted by Gasteiger charge is 2.17. The molecule has 1 atom stereocenters. The van der Waals surface area contributed by atoms with Crippen LogP contribution in [0.5, 0.6) is 5.75 Å². The standard InChI is InChI=1S/C11H15FN2O3S/c1-17-10-4-2-3-8(12)7(10)5-13-9(6-18)11(15)14-16/h2-4,9,13,16,18H,5-6H2,1H3,(H,14,15)/t9-/m0/s1. The molecular weight excluding hydrogens is 259 g/mol. The maximum Gasteiger partial charge on any atom is 0.261 e. The van der Waals surface area contributed by atoms with Crippen molar-refractivity contribution < 1.29 is 19.1 Å². The molecule has 3 N–H and O–H groups in total. The number of ether oxygens (including phenoxy) is 1. The average Bonchev–Trinajstić information content (AvgIpc) is 2.40. The molecule has 0 fully saturated rings. The van der Waals surface area contributed by atoms with Crippen LogP contribution in [0, 0.1) is 5.82 Å². The molecule has 0 aliphatic rings. The van der Waals surface area contributed by atoms with Crippen molar-refractivity contribution in [3.05, 3.63) is 29.6 Å². The number of carbonyl (C=O) groups excluding carboxylic acids is 1. The van der Waals surface area contributed by atoms with E-state index in [1.807, 2.05) is 0 Å². The number of amides is 1. The van der Waals surface area contributed by atoms with Crippen molar-refractivity contribution in [3.63, 3.8) is 0 Å². The number of benzene rings is 1. The van der Waals surface area contributed by atoms with E-state index in [-0.39, 0.29) is 12.3 Å². The van der Waals surface area contributed by atoms with Gasteiger partial charge in [-0.25, -0.2) is 9.87 Å². The number of nitrogens with one attached hydrogen (secondary N) is 2. The number of methoxy groups -OCH3 is 1. The molecular formula is C11H15FN2O3S. The summed E-state index contributed by atoms with van der Waals surface area (Å²) in [5.74, 6) is -0.488. The summed E-state index contributed by atoms with van der Waals surface area (Å²) in [4.78, 5) is 11.2. The van der Waals surface area contributed by atoms with E-state index in [1.54, 1.807) is 6.07 Å². The Hall–Kier alpha value is -1.31. The van der Waals surface area contributed by atoms with Crippen LogP contribution in [0.1, 0.15) is 5.56 Å². The monoisotopic (exact) mass is 274 g/mol. The SMILES string of the molecule is COc1cccc(F)c1CN[C@@H](CS)C(=O)NO. The van der Waals surface area contributed by atoms with Gasteiger partial charge in [-0.1, -0.05) is 6.07 Å². The molecule has 7 heteroatoms. The lowest BCUT2D eigenvalue weighted by Gasteiger charge is -2.16. The third-order valence-corrected chi connectivity index (χ3v) is 2.80. The third kappa shape index (κ3) is 3.59. The van der Waals surface area contributed by atoms with Gasteiger partial charge in [0.1, 0.15) is 11.6 Å². The molecule has 0 saturated carbocycles. The smallest absolute Gasteiger partial charge is 0.261 e. The second kappa shape index (κ2) is 7.20. The first-order valence-corrected chi connectivity index (χ1v) is 5.86. The van der Waals surface area contributed by atoms with Crippen molar-refractivity contribution in [2.24, 2.45) is 0 Å². The molecule has 1 rings (SSSR count). The second-order valence-corrected chi connectivity index (χ2v) is 3.88. The summed E-state index contributed by atoms with van der Waals surface area (Å²) in [6.07, 6.45) is 0. The summed E-state index contributed by atoms with van der Waals surface area (Å²) in [6.45, 7) is 0.0918. The van der Waals surface area contributed by atoms with Gasteiger partial charge in [-0.3, -0.25) is 10.0 Å².